The van der Waals surface area contributed by atoms with Crippen molar-refractivity contribution >= 4 is 17.8 Å². The van der Waals surface area contributed by atoms with Crippen molar-refractivity contribution in [3.05, 3.63) is 45.7 Å². The lowest BCUT2D eigenvalue weighted by Gasteiger charge is -2.27. The molecule has 3 heterocycles. The number of cyclic esters (lactones) is 2. The topological polar surface area (TPSA) is 106 Å². The van der Waals surface area contributed by atoms with Gasteiger partial charge >= 0.3 is 11.9 Å². The molecule has 0 unspecified atom stereocenters. The van der Waals surface area contributed by atoms with Gasteiger partial charge in [-0.05, 0) is 37.5 Å². The summed E-state index contributed by atoms with van der Waals surface area (Å²) in [5.74, 6) is -0.792. The molecule has 1 atom stereocenters. The standard InChI is InChI=1S/C24H30N2O7/c1-15-17(4-5-18-19(15)13-32-24(18)30)21(27)12-25-8-6-22(28)26(7-3-10-31-11-9-25)20-14-33-23(29)16(20)2/h4-5,21,27H,3,6-14H2,1-2H3/t21-/m0/s1. The summed E-state index contributed by atoms with van der Waals surface area (Å²) in [7, 11) is 0. The summed E-state index contributed by atoms with van der Waals surface area (Å²) in [5, 5.41) is 11.0. The lowest BCUT2D eigenvalue weighted by atomic mass is 9.95. The van der Waals surface area contributed by atoms with Gasteiger partial charge < -0.3 is 24.2 Å². The molecule has 1 saturated heterocycles. The van der Waals surface area contributed by atoms with Crippen molar-refractivity contribution < 1.29 is 33.7 Å². The number of benzene rings is 1. The molecule has 0 bridgehead atoms. The number of esters is 2. The number of β-amino-alcohol motifs (C(OH)–C–C–N with tert-alkyl or cyclic N) is 1. The number of carbonyl (C=O) groups is 3. The van der Waals surface area contributed by atoms with E-state index in [9.17, 15) is 19.5 Å². The number of aliphatic hydroxyl groups excluding tert-OH is 1. The first-order valence-corrected chi connectivity index (χ1v) is 11.3. The molecule has 1 N–H and O–H groups in total. The predicted molar refractivity (Wildman–Crippen MR) is 117 cm³/mol. The number of hydrogen-bond acceptors (Lipinski definition) is 8. The third-order valence-corrected chi connectivity index (χ3v) is 6.57. The fourth-order valence-electron chi connectivity index (χ4n) is 4.53. The maximum atomic E-state index is 13.0. The Balaban J connectivity index is 1.46. The molecule has 0 aromatic heterocycles. The zero-order valence-electron chi connectivity index (χ0n) is 19.1. The Morgan fingerprint density at radius 1 is 1.00 bits per heavy atom. The van der Waals surface area contributed by atoms with E-state index in [0.29, 0.717) is 62.6 Å². The zero-order valence-corrected chi connectivity index (χ0v) is 19.1. The van der Waals surface area contributed by atoms with Gasteiger partial charge in [0.1, 0.15) is 13.2 Å². The molecule has 9 heteroatoms. The summed E-state index contributed by atoms with van der Waals surface area (Å²) < 4.78 is 15.9. The van der Waals surface area contributed by atoms with E-state index in [4.69, 9.17) is 14.2 Å². The number of ether oxygens (including phenoxy) is 3. The number of rotatable bonds is 4. The summed E-state index contributed by atoms with van der Waals surface area (Å²) in [4.78, 5) is 40.3. The molecule has 3 aliphatic rings. The monoisotopic (exact) mass is 458 g/mol. The van der Waals surface area contributed by atoms with E-state index in [1.165, 1.54) is 0 Å². The van der Waals surface area contributed by atoms with Crippen LogP contribution >= 0.6 is 0 Å². The van der Waals surface area contributed by atoms with Crippen LogP contribution in [0.5, 0.6) is 0 Å². The molecule has 0 spiro atoms. The summed E-state index contributed by atoms with van der Waals surface area (Å²) >= 11 is 0. The van der Waals surface area contributed by atoms with Crippen LogP contribution in [0.1, 0.15) is 52.9 Å². The van der Waals surface area contributed by atoms with E-state index in [-0.39, 0.29) is 37.5 Å². The Hall–Kier alpha value is -2.75. The van der Waals surface area contributed by atoms with Crippen molar-refractivity contribution in [1.29, 1.82) is 0 Å². The quantitative estimate of drug-likeness (QED) is 0.677. The van der Waals surface area contributed by atoms with Crippen LogP contribution in [0.4, 0.5) is 0 Å². The number of hydrogen-bond donors (Lipinski definition) is 1. The van der Waals surface area contributed by atoms with Crippen LogP contribution in [0.3, 0.4) is 0 Å². The van der Waals surface area contributed by atoms with E-state index in [1.54, 1.807) is 24.0 Å². The summed E-state index contributed by atoms with van der Waals surface area (Å²) in [6.07, 6.45) is 0.130. The van der Waals surface area contributed by atoms with Crippen molar-refractivity contribution in [3.8, 4) is 0 Å². The normalized spacial score (nSPS) is 21.5. The molecule has 33 heavy (non-hydrogen) atoms. The number of fused-ring (bicyclic) bond motifs is 1. The number of amides is 1. The van der Waals surface area contributed by atoms with Crippen LogP contribution in [0, 0.1) is 6.92 Å². The lowest BCUT2D eigenvalue weighted by Crippen LogP contribution is -2.37. The van der Waals surface area contributed by atoms with Gasteiger partial charge in [-0.3, -0.25) is 9.69 Å². The van der Waals surface area contributed by atoms with Crippen LogP contribution in [-0.4, -0.2) is 78.8 Å². The Kier molecular flexibility index (Phi) is 7.11. The SMILES string of the molecule is CC1=C(N2CCCOCCN(C[C@H](O)c3ccc4c(c3C)COC4=O)CCC2=O)COC1=O. The van der Waals surface area contributed by atoms with Crippen LogP contribution in [0.25, 0.3) is 0 Å². The Morgan fingerprint density at radius 3 is 2.55 bits per heavy atom. The van der Waals surface area contributed by atoms with E-state index in [1.807, 2.05) is 11.8 Å². The molecule has 0 aliphatic carbocycles. The molecule has 178 valence electrons. The highest BCUT2D eigenvalue weighted by Gasteiger charge is 2.30. The summed E-state index contributed by atoms with van der Waals surface area (Å²) in [6, 6.07) is 3.47. The smallest absolute Gasteiger partial charge is 0.338 e. The second-order valence-electron chi connectivity index (χ2n) is 8.61. The van der Waals surface area contributed by atoms with Gasteiger partial charge in [-0.25, -0.2) is 9.59 Å². The third kappa shape index (κ3) is 4.95. The average molecular weight is 459 g/mol. The van der Waals surface area contributed by atoms with Gasteiger partial charge in [0.2, 0.25) is 5.91 Å². The van der Waals surface area contributed by atoms with Crippen molar-refractivity contribution in [1.82, 2.24) is 9.80 Å². The zero-order chi connectivity index (χ0) is 23.5. The van der Waals surface area contributed by atoms with Gasteiger partial charge in [0.25, 0.3) is 0 Å². The molecule has 1 aromatic carbocycles. The van der Waals surface area contributed by atoms with Crippen LogP contribution in [0.2, 0.25) is 0 Å². The van der Waals surface area contributed by atoms with Crippen molar-refractivity contribution in [2.75, 3.05) is 46.0 Å². The molecular weight excluding hydrogens is 428 g/mol. The van der Waals surface area contributed by atoms with E-state index >= 15 is 0 Å². The Morgan fingerprint density at radius 2 is 1.79 bits per heavy atom. The second-order valence-corrected chi connectivity index (χ2v) is 8.61. The number of nitrogens with zero attached hydrogens (tertiary/aromatic N) is 2. The highest BCUT2D eigenvalue weighted by Crippen LogP contribution is 2.29. The molecule has 1 aromatic rings. The van der Waals surface area contributed by atoms with Crippen molar-refractivity contribution in [3.63, 3.8) is 0 Å². The van der Waals surface area contributed by atoms with Gasteiger partial charge in [-0.2, -0.15) is 0 Å². The highest BCUT2D eigenvalue weighted by atomic mass is 16.5. The minimum absolute atomic E-state index is 0.0755. The van der Waals surface area contributed by atoms with Gasteiger partial charge in [0.05, 0.1) is 29.5 Å². The second kappa shape index (κ2) is 10.0. The largest absolute Gasteiger partial charge is 0.457 e. The van der Waals surface area contributed by atoms with Crippen LogP contribution in [-0.2, 0) is 30.4 Å². The lowest BCUT2D eigenvalue weighted by molar-refractivity contribution is -0.136. The summed E-state index contributed by atoms with van der Waals surface area (Å²) in [5.41, 5.74) is 4.08. The van der Waals surface area contributed by atoms with Crippen LogP contribution in [0.15, 0.2) is 23.4 Å². The van der Waals surface area contributed by atoms with Crippen molar-refractivity contribution in [2.45, 2.75) is 39.4 Å². The highest BCUT2D eigenvalue weighted by molar-refractivity contribution is 5.94. The fraction of sp³-hybridized carbons (Fsp3) is 0.542. The van der Waals surface area contributed by atoms with E-state index < -0.39 is 6.10 Å². The van der Waals surface area contributed by atoms with E-state index in [0.717, 1.165) is 16.7 Å². The molecule has 1 amide bonds. The molecule has 0 radical (unpaired) electrons. The first kappa shape index (κ1) is 23.4. The molecular formula is C24H30N2O7. The van der Waals surface area contributed by atoms with Gasteiger partial charge in [-0.15, -0.1) is 0 Å². The molecule has 0 saturated carbocycles. The maximum Gasteiger partial charge on any atom is 0.338 e. The minimum Gasteiger partial charge on any atom is -0.457 e. The van der Waals surface area contributed by atoms with Gasteiger partial charge in [0.15, 0.2) is 0 Å². The molecule has 1 fully saturated rings. The number of carbonyl (C=O) groups excluding carboxylic acids is 3. The third-order valence-electron chi connectivity index (χ3n) is 6.57. The molecule has 9 nitrogen and oxygen atoms in total. The molecule has 4 rings (SSSR count). The van der Waals surface area contributed by atoms with Crippen LogP contribution < -0.4 is 0 Å². The van der Waals surface area contributed by atoms with E-state index in [2.05, 4.69) is 0 Å². The first-order chi connectivity index (χ1) is 15.9. The minimum atomic E-state index is -0.784. The maximum absolute atomic E-state index is 13.0. The fourth-order valence-corrected chi connectivity index (χ4v) is 4.53. The van der Waals surface area contributed by atoms with Gasteiger partial charge in [-0.1, -0.05) is 6.07 Å². The predicted octanol–water partition coefficient (Wildman–Crippen LogP) is 1.47. The Bertz CT molecular complexity index is 987. The summed E-state index contributed by atoms with van der Waals surface area (Å²) in [6.45, 7) is 6.73. The first-order valence-electron chi connectivity index (χ1n) is 11.3. The van der Waals surface area contributed by atoms with Gasteiger partial charge in [0, 0.05) is 44.8 Å². The average Bonchev–Trinajstić information content (AvgIpc) is 3.32. The molecule has 3 aliphatic heterocycles. The van der Waals surface area contributed by atoms with Crippen molar-refractivity contribution in [2.24, 2.45) is 0 Å². The number of aliphatic hydroxyl groups is 1. The Labute approximate surface area is 192 Å².